The summed E-state index contributed by atoms with van der Waals surface area (Å²) in [6.07, 6.45) is 5.40. The zero-order chi connectivity index (χ0) is 10.6. The molecule has 1 aromatic carbocycles. The van der Waals surface area contributed by atoms with Crippen molar-refractivity contribution >= 4 is 0 Å². The Kier molecular flexibility index (Phi) is 3.49. The van der Waals surface area contributed by atoms with Gasteiger partial charge in [0.25, 0.3) is 0 Å². The second-order valence-corrected chi connectivity index (χ2v) is 2.87. The zero-order valence-corrected chi connectivity index (χ0v) is 7.96. The van der Waals surface area contributed by atoms with Gasteiger partial charge in [-0.05, 0) is 12.1 Å². The first-order valence-corrected chi connectivity index (χ1v) is 4.22. The van der Waals surface area contributed by atoms with Crippen molar-refractivity contribution in [1.82, 2.24) is 0 Å². The lowest BCUT2D eigenvalue weighted by molar-refractivity contribution is 0.399. The molecule has 2 N–H and O–H groups in total. The Labute approximate surface area is 82.9 Å². The summed E-state index contributed by atoms with van der Waals surface area (Å²) in [5.41, 5.74) is 6.06. The number of methoxy groups -OCH3 is 1. The van der Waals surface area contributed by atoms with Crippen LogP contribution in [0.25, 0.3) is 0 Å². The summed E-state index contributed by atoms with van der Waals surface area (Å²) in [7, 11) is 1.47. The minimum absolute atomic E-state index is 0.289. The van der Waals surface area contributed by atoms with E-state index in [9.17, 15) is 4.39 Å². The molecule has 1 rings (SSSR count). The maximum Gasteiger partial charge on any atom is 0.131 e. The molecular weight excluding hydrogens is 181 g/mol. The Morgan fingerprint density at radius 2 is 2.36 bits per heavy atom. The van der Waals surface area contributed by atoms with Crippen molar-refractivity contribution in [2.75, 3.05) is 7.11 Å². The Balaban J connectivity index is 3.11. The summed E-state index contributed by atoms with van der Waals surface area (Å²) in [4.78, 5) is 0. The summed E-state index contributed by atoms with van der Waals surface area (Å²) in [5, 5.41) is 0. The number of hydrogen-bond acceptors (Lipinski definition) is 2. The van der Waals surface area contributed by atoms with Crippen molar-refractivity contribution < 1.29 is 9.13 Å². The molecule has 0 aliphatic carbocycles. The summed E-state index contributed by atoms with van der Waals surface area (Å²) in [6.45, 7) is 0. The van der Waals surface area contributed by atoms with E-state index in [0.717, 1.165) is 0 Å². The van der Waals surface area contributed by atoms with Crippen LogP contribution in [-0.2, 0) is 0 Å². The van der Waals surface area contributed by atoms with Gasteiger partial charge in [-0.2, -0.15) is 0 Å². The van der Waals surface area contributed by atoms with E-state index >= 15 is 0 Å². The fourth-order valence-corrected chi connectivity index (χ4v) is 1.28. The molecule has 74 valence electrons. The lowest BCUT2D eigenvalue weighted by Gasteiger charge is -2.13. The number of halogens is 1. The Morgan fingerprint density at radius 1 is 1.64 bits per heavy atom. The van der Waals surface area contributed by atoms with Crippen LogP contribution in [0.5, 0.6) is 5.75 Å². The smallest absolute Gasteiger partial charge is 0.131 e. The molecule has 0 saturated carbocycles. The SMILES string of the molecule is C#CCC(N)c1c(F)cccc1OC. The van der Waals surface area contributed by atoms with E-state index in [-0.39, 0.29) is 12.2 Å². The van der Waals surface area contributed by atoms with Crippen LogP contribution in [0.3, 0.4) is 0 Å². The van der Waals surface area contributed by atoms with Crippen molar-refractivity contribution in [3.05, 3.63) is 29.6 Å². The quantitative estimate of drug-likeness (QED) is 0.743. The molecule has 0 fully saturated rings. The van der Waals surface area contributed by atoms with Crippen molar-refractivity contribution in [3.8, 4) is 18.1 Å². The predicted octanol–water partition coefficient (Wildman–Crippen LogP) is 1.86. The number of rotatable bonds is 3. The van der Waals surface area contributed by atoms with Gasteiger partial charge in [0.1, 0.15) is 11.6 Å². The van der Waals surface area contributed by atoms with Crippen LogP contribution in [0.4, 0.5) is 4.39 Å². The minimum atomic E-state index is -0.517. The first-order chi connectivity index (χ1) is 6.70. The van der Waals surface area contributed by atoms with Gasteiger partial charge < -0.3 is 10.5 Å². The molecule has 0 aliphatic heterocycles. The third-order valence-corrected chi connectivity index (χ3v) is 1.94. The Hall–Kier alpha value is -1.53. The largest absolute Gasteiger partial charge is 0.496 e. The van der Waals surface area contributed by atoms with E-state index in [1.54, 1.807) is 12.1 Å². The van der Waals surface area contributed by atoms with Gasteiger partial charge in [0.05, 0.1) is 7.11 Å². The van der Waals surface area contributed by atoms with Crippen LogP contribution in [0.2, 0.25) is 0 Å². The highest BCUT2D eigenvalue weighted by atomic mass is 19.1. The van der Waals surface area contributed by atoms with Gasteiger partial charge in [-0.3, -0.25) is 0 Å². The Bertz CT molecular complexity index is 357. The first kappa shape index (κ1) is 10.6. The number of ether oxygens (including phenoxy) is 1. The molecule has 0 aliphatic rings. The summed E-state index contributed by atoms with van der Waals surface area (Å²) < 4.78 is 18.4. The van der Waals surface area contributed by atoms with E-state index in [1.165, 1.54) is 13.2 Å². The van der Waals surface area contributed by atoms with Gasteiger partial charge in [-0.15, -0.1) is 12.3 Å². The lowest BCUT2D eigenvalue weighted by atomic mass is 10.0. The van der Waals surface area contributed by atoms with Crippen molar-refractivity contribution in [2.24, 2.45) is 5.73 Å². The van der Waals surface area contributed by atoms with Gasteiger partial charge in [0, 0.05) is 18.0 Å². The molecule has 2 nitrogen and oxygen atoms in total. The van der Waals surface area contributed by atoms with Gasteiger partial charge in [0.15, 0.2) is 0 Å². The van der Waals surface area contributed by atoms with Gasteiger partial charge >= 0.3 is 0 Å². The van der Waals surface area contributed by atoms with E-state index in [4.69, 9.17) is 16.9 Å². The van der Waals surface area contributed by atoms with E-state index in [1.807, 2.05) is 0 Å². The number of benzene rings is 1. The molecule has 0 radical (unpaired) electrons. The molecule has 0 amide bonds. The third kappa shape index (κ3) is 2.04. The van der Waals surface area contributed by atoms with Gasteiger partial charge in [-0.1, -0.05) is 6.07 Å². The molecule has 1 unspecified atom stereocenters. The molecule has 0 heterocycles. The van der Waals surface area contributed by atoms with Crippen molar-refractivity contribution in [2.45, 2.75) is 12.5 Å². The number of hydrogen-bond donors (Lipinski definition) is 1. The highest BCUT2D eigenvalue weighted by Gasteiger charge is 2.15. The van der Waals surface area contributed by atoms with Crippen LogP contribution in [0.1, 0.15) is 18.0 Å². The average molecular weight is 193 g/mol. The maximum atomic E-state index is 13.4. The van der Waals surface area contributed by atoms with E-state index in [2.05, 4.69) is 5.92 Å². The molecule has 0 spiro atoms. The monoisotopic (exact) mass is 193 g/mol. The van der Waals surface area contributed by atoms with Crippen LogP contribution in [-0.4, -0.2) is 7.11 Å². The minimum Gasteiger partial charge on any atom is -0.496 e. The van der Waals surface area contributed by atoms with E-state index < -0.39 is 6.04 Å². The third-order valence-electron chi connectivity index (χ3n) is 1.94. The summed E-state index contributed by atoms with van der Waals surface area (Å²) >= 11 is 0. The highest BCUT2D eigenvalue weighted by molar-refractivity contribution is 5.37. The Morgan fingerprint density at radius 3 is 2.93 bits per heavy atom. The van der Waals surface area contributed by atoms with Gasteiger partial charge in [0.2, 0.25) is 0 Å². The van der Waals surface area contributed by atoms with Crippen LogP contribution in [0, 0.1) is 18.2 Å². The van der Waals surface area contributed by atoms with Crippen LogP contribution < -0.4 is 10.5 Å². The lowest BCUT2D eigenvalue weighted by Crippen LogP contribution is -2.12. The summed E-state index contributed by atoms with van der Waals surface area (Å²) in [6, 6.07) is 4.06. The summed E-state index contributed by atoms with van der Waals surface area (Å²) in [5.74, 6) is 2.45. The standard InChI is InChI=1S/C11H12FNO/c1-3-5-9(13)11-8(12)6-4-7-10(11)14-2/h1,4,6-7,9H,5,13H2,2H3. The first-order valence-electron chi connectivity index (χ1n) is 4.22. The van der Waals surface area contributed by atoms with Crippen LogP contribution in [0.15, 0.2) is 18.2 Å². The fourth-order valence-electron chi connectivity index (χ4n) is 1.28. The predicted molar refractivity (Wildman–Crippen MR) is 53.3 cm³/mol. The van der Waals surface area contributed by atoms with E-state index in [0.29, 0.717) is 11.3 Å². The normalized spacial score (nSPS) is 11.9. The fraction of sp³-hybridized carbons (Fsp3) is 0.273. The zero-order valence-electron chi connectivity index (χ0n) is 7.96. The topological polar surface area (TPSA) is 35.2 Å². The van der Waals surface area contributed by atoms with Gasteiger partial charge in [-0.25, -0.2) is 4.39 Å². The number of nitrogens with two attached hydrogens (primary N) is 1. The molecule has 0 saturated heterocycles. The number of terminal acetylenes is 1. The van der Waals surface area contributed by atoms with Crippen molar-refractivity contribution in [1.29, 1.82) is 0 Å². The molecule has 14 heavy (non-hydrogen) atoms. The highest BCUT2D eigenvalue weighted by Crippen LogP contribution is 2.27. The molecule has 0 bridgehead atoms. The average Bonchev–Trinajstić information content (AvgIpc) is 2.17. The second-order valence-electron chi connectivity index (χ2n) is 2.87. The van der Waals surface area contributed by atoms with Crippen LogP contribution >= 0.6 is 0 Å². The molecule has 0 aromatic heterocycles. The molecular formula is C11H12FNO. The van der Waals surface area contributed by atoms with Crippen molar-refractivity contribution in [3.63, 3.8) is 0 Å². The second kappa shape index (κ2) is 4.64. The molecule has 1 aromatic rings. The molecule has 3 heteroatoms. The maximum absolute atomic E-state index is 13.4. The molecule has 1 atom stereocenters.